The van der Waals surface area contributed by atoms with Gasteiger partial charge < -0.3 is 5.32 Å². The Morgan fingerprint density at radius 1 is 1.12 bits per heavy atom. The zero-order valence-corrected chi connectivity index (χ0v) is 15.4. The third kappa shape index (κ3) is 3.31. The van der Waals surface area contributed by atoms with Gasteiger partial charge in [0.15, 0.2) is 0 Å². The van der Waals surface area contributed by atoms with Crippen molar-refractivity contribution < 1.29 is 4.79 Å². The summed E-state index contributed by atoms with van der Waals surface area (Å²) in [6.07, 6.45) is 1.56. The largest absolute Gasteiger partial charge is 0.322 e. The third-order valence-electron chi connectivity index (χ3n) is 3.93. The average molecular weight is 380 g/mol. The second-order valence-electron chi connectivity index (χ2n) is 5.78. The van der Waals surface area contributed by atoms with Gasteiger partial charge in [0.05, 0.1) is 26.5 Å². The maximum absolute atomic E-state index is 12.5. The maximum Gasteiger partial charge on any atom is 0.257 e. The fraction of sp³-hybridized carbons (Fsp3) is 0.0500. The van der Waals surface area contributed by atoms with Gasteiger partial charge in [0.1, 0.15) is 0 Å². The summed E-state index contributed by atoms with van der Waals surface area (Å²) < 4.78 is 1.10. The summed E-state index contributed by atoms with van der Waals surface area (Å²) in [5.41, 5.74) is 3.65. The average Bonchev–Trinajstić information content (AvgIpc) is 3.01. The highest BCUT2D eigenvalue weighted by atomic mass is 35.5. The van der Waals surface area contributed by atoms with Crippen LogP contribution in [0, 0.1) is 6.92 Å². The zero-order valence-electron chi connectivity index (χ0n) is 13.9. The minimum Gasteiger partial charge on any atom is -0.322 e. The summed E-state index contributed by atoms with van der Waals surface area (Å²) in [4.78, 5) is 21.3. The first-order valence-electron chi connectivity index (χ1n) is 8.00. The van der Waals surface area contributed by atoms with Crippen LogP contribution in [0.15, 0.2) is 60.8 Å². The summed E-state index contributed by atoms with van der Waals surface area (Å²) in [5.74, 6) is -0.213. The molecule has 4 aromatic rings. The summed E-state index contributed by atoms with van der Waals surface area (Å²) in [6, 6.07) is 16.7. The molecule has 0 atom stereocenters. The Hall–Kier alpha value is -2.76. The predicted molar refractivity (Wildman–Crippen MR) is 107 cm³/mol. The van der Waals surface area contributed by atoms with E-state index in [0.717, 1.165) is 26.5 Å². The number of thiazole rings is 1. The summed E-state index contributed by atoms with van der Waals surface area (Å²) in [7, 11) is 0. The monoisotopic (exact) mass is 379 g/mol. The number of rotatable bonds is 3. The van der Waals surface area contributed by atoms with Crippen molar-refractivity contribution in [3.63, 3.8) is 0 Å². The van der Waals surface area contributed by atoms with Crippen LogP contribution in [0.4, 0.5) is 5.69 Å². The minimum absolute atomic E-state index is 0.213. The molecule has 6 heteroatoms. The Balaban J connectivity index is 1.55. The fourth-order valence-corrected chi connectivity index (χ4v) is 3.72. The van der Waals surface area contributed by atoms with Gasteiger partial charge in [-0.05, 0) is 43.3 Å². The van der Waals surface area contributed by atoms with Crippen molar-refractivity contribution >= 4 is 44.7 Å². The fourth-order valence-electron chi connectivity index (χ4n) is 2.68. The number of fused-ring (bicyclic) bond motifs is 1. The van der Waals surface area contributed by atoms with Crippen LogP contribution in [0.1, 0.15) is 15.4 Å². The van der Waals surface area contributed by atoms with E-state index in [2.05, 4.69) is 15.3 Å². The summed E-state index contributed by atoms with van der Waals surface area (Å²) >= 11 is 7.83. The van der Waals surface area contributed by atoms with Crippen molar-refractivity contribution in [3.05, 3.63) is 76.4 Å². The molecule has 128 valence electrons. The van der Waals surface area contributed by atoms with E-state index in [-0.39, 0.29) is 5.91 Å². The number of nitrogens with one attached hydrogen (secondary N) is 1. The Kier molecular flexibility index (Phi) is 4.41. The lowest BCUT2D eigenvalue weighted by Crippen LogP contribution is -2.12. The number of anilines is 1. The lowest BCUT2D eigenvalue weighted by molar-refractivity contribution is 0.102. The van der Waals surface area contributed by atoms with Crippen LogP contribution in [0.2, 0.25) is 5.02 Å². The number of pyridine rings is 1. The van der Waals surface area contributed by atoms with Gasteiger partial charge in [0.25, 0.3) is 5.91 Å². The molecule has 4 nitrogen and oxygen atoms in total. The van der Waals surface area contributed by atoms with E-state index in [1.54, 1.807) is 29.7 Å². The van der Waals surface area contributed by atoms with Gasteiger partial charge in [0, 0.05) is 22.5 Å². The zero-order chi connectivity index (χ0) is 18.1. The lowest BCUT2D eigenvalue weighted by atomic mass is 10.1. The van der Waals surface area contributed by atoms with E-state index < -0.39 is 0 Å². The number of nitrogens with zero attached hydrogens (tertiary/aromatic N) is 2. The molecule has 26 heavy (non-hydrogen) atoms. The highest BCUT2D eigenvalue weighted by Gasteiger charge is 2.10. The second kappa shape index (κ2) is 6.86. The second-order valence-corrected chi connectivity index (χ2v) is 7.42. The van der Waals surface area contributed by atoms with Crippen LogP contribution >= 0.6 is 22.9 Å². The number of carbonyl (C=O) groups excluding carboxylic acids is 1. The quantitative estimate of drug-likeness (QED) is 0.506. The number of aryl methyl sites for hydroxylation is 1. The van der Waals surface area contributed by atoms with Crippen molar-refractivity contribution in [3.8, 4) is 11.3 Å². The molecular formula is C20H14ClN3OS. The Labute approximate surface area is 159 Å². The number of hydrogen-bond donors (Lipinski definition) is 1. The van der Waals surface area contributed by atoms with Crippen LogP contribution in [0.5, 0.6) is 0 Å². The molecule has 0 aliphatic rings. The molecule has 0 unspecified atom stereocenters. The number of amides is 1. The minimum atomic E-state index is -0.213. The van der Waals surface area contributed by atoms with E-state index in [1.165, 1.54) is 0 Å². The van der Waals surface area contributed by atoms with E-state index in [0.29, 0.717) is 16.3 Å². The standard InChI is InChI=1S/C20H14ClN3OS/c1-12-23-18-10-14(7-9-19(18)26-12)24-20(25)13-6-8-17(22-11-13)15-4-2-3-5-16(15)21/h2-11H,1H3,(H,24,25). The van der Waals surface area contributed by atoms with Gasteiger partial charge in [-0.25, -0.2) is 4.98 Å². The highest BCUT2D eigenvalue weighted by Crippen LogP contribution is 2.27. The first kappa shape index (κ1) is 16.7. The van der Waals surface area contributed by atoms with E-state index in [1.807, 2.05) is 49.4 Å². The molecule has 2 aromatic heterocycles. The molecule has 1 N–H and O–H groups in total. The topological polar surface area (TPSA) is 54.9 Å². The van der Waals surface area contributed by atoms with Crippen LogP contribution in [0.3, 0.4) is 0 Å². The SMILES string of the molecule is Cc1nc2cc(NC(=O)c3ccc(-c4ccccc4Cl)nc3)ccc2s1. The molecule has 1 amide bonds. The lowest BCUT2D eigenvalue weighted by Gasteiger charge is -2.07. The first-order chi connectivity index (χ1) is 12.6. The smallest absolute Gasteiger partial charge is 0.257 e. The van der Waals surface area contributed by atoms with Crippen LogP contribution in [0.25, 0.3) is 21.5 Å². The third-order valence-corrected chi connectivity index (χ3v) is 5.21. The molecule has 0 saturated carbocycles. The van der Waals surface area contributed by atoms with E-state index in [9.17, 15) is 4.79 Å². The van der Waals surface area contributed by atoms with Gasteiger partial charge in [-0.2, -0.15) is 0 Å². The molecule has 2 heterocycles. The number of benzene rings is 2. The highest BCUT2D eigenvalue weighted by molar-refractivity contribution is 7.18. The molecule has 0 aliphatic heterocycles. The van der Waals surface area contributed by atoms with Crippen molar-refractivity contribution in [2.45, 2.75) is 6.92 Å². The maximum atomic E-state index is 12.5. The number of carbonyl (C=O) groups is 1. The van der Waals surface area contributed by atoms with E-state index in [4.69, 9.17) is 11.6 Å². The molecule has 0 fully saturated rings. The van der Waals surface area contributed by atoms with E-state index >= 15 is 0 Å². The molecule has 0 saturated heterocycles. The Bertz CT molecular complexity index is 1110. The number of halogens is 1. The van der Waals surface area contributed by atoms with Gasteiger partial charge in [-0.15, -0.1) is 11.3 Å². The summed E-state index contributed by atoms with van der Waals surface area (Å²) in [5, 5.41) is 4.52. The van der Waals surface area contributed by atoms with Crippen molar-refractivity contribution in [1.29, 1.82) is 0 Å². The Morgan fingerprint density at radius 3 is 2.73 bits per heavy atom. The van der Waals surface area contributed by atoms with Crippen LogP contribution in [-0.2, 0) is 0 Å². The molecule has 0 aliphatic carbocycles. The van der Waals surface area contributed by atoms with Crippen molar-refractivity contribution in [1.82, 2.24) is 9.97 Å². The Morgan fingerprint density at radius 2 is 1.96 bits per heavy atom. The van der Waals surface area contributed by atoms with Crippen molar-refractivity contribution in [2.24, 2.45) is 0 Å². The van der Waals surface area contributed by atoms with Gasteiger partial charge in [0.2, 0.25) is 0 Å². The predicted octanol–water partition coefficient (Wildman–Crippen LogP) is 5.57. The number of aromatic nitrogens is 2. The molecule has 0 radical (unpaired) electrons. The van der Waals surface area contributed by atoms with Crippen LogP contribution < -0.4 is 5.32 Å². The molecule has 0 spiro atoms. The molecule has 2 aromatic carbocycles. The molecule has 0 bridgehead atoms. The molecular weight excluding hydrogens is 366 g/mol. The van der Waals surface area contributed by atoms with Gasteiger partial charge >= 0.3 is 0 Å². The number of hydrogen-bond acceptors (Lipinski definition) is 4. The van der Waals surface area contributed by atoms with Crippen molar-refractivity contribution in [2.75, 3.05) is 5.32 Å². The van der Waals surface area contributed by atoms with Gasteiger partial charge in [-0.1, -0.05) is 29.8 Å². The first-order valence-corrected chi connectivity index (χ1v) is 9.19. The van der Waals surface area contributed by atoms with Crippen LogP contribution in [-0.4, -0.2) is 15.9 Å². The summed E-state index contributed by atoms with van der Waals surface area (Å²) in [6.45, 7) is 1.97. The molecule has 4 rings (SSSR count). The van der Waals surface area contributed by atoms with Gasteiger partial charge in [-0.3, -0.25) is 9.78 Å². The normalized spacial score (nSPS) is 10.8.